The molecule has 176 valence electrons. The van der Waals surface area contributed by atoms with E-state index >= 15 is 0 Å². The summed E-state index contributed by atoms with van der Waals surface area (Å²) >= 11 is 0. The van der Waals surface area contributed by atoms with E-state index in [2.05, 4.69) is 25.6 Å². The monoisotopic (exact) mass is 460 g/mol. The molecule has 2 aliphatic rings. The normalized spacial score (nSPS) is 16.8. The van der Waals surface area contributed by atoms with Crippen LogP contribution in [0.1, 0.15) is 25.0 Å². The number of aromatic nitrogens is 4. The van der Waals surface area contributed by atoms with Crippen LogP contribution in [0.15, 0.2) is 42.9 Å². The van der Waals surface area contributed by atoms with Gasteiger partial charge in [0.05, 0.1) is 24.2 Å². The summed E-state index contributed by atoms with van der Waals surface area (Å²) in [5.74, 6) is 1.51. The number of ether oxygens (including phenoxy) is 1. The van der Waals surface area contributed by atoms with Crippen molar-refractivity contribution in [1.82, 2.24) is 19.9 Å². The molecule has 1 amide bonds. The third kappa shape index (κ3) is 5.99. The molecule has 2 fully saturated rings. The summed E-state index contributed by atoms with van der Waals surface area (Å²) in [6, 6.07) is 7.53. The van der Waals surface area contributed by atoms with Gasteiger partial charge < -0.3 is 20.2 Å². The summed E-state index contributed by atoms with van der Waals surface area (Å²) in [5.41, 5.74) is 4.27. The average Bonchev–Trinajstić information content (AvgIpc) is 3.60. The molecule has 9 heteroatoms. The fourth-order valence-electron chi connectivity index (χ4n) is 3.44. The first kappa shape index (κ1) is 23.4. The van der Waals surface area contributed by atoms with Crippen molar-refractivity contribution in [1.29, 1.82) is 0 Å². The number of anilines is 2. The van der Waals surface area contributed by atoms with Gasteiger partial charge in [-0.3, -0.25) is 9.78 Å². The van der Waals surface area contributed by atoms with Crippen LogP contribution in [0, 0.1) is 18.8 Å². The molecule has 1 unspecified atom stereocenters. The number of aryl methyl sites for hydroxylation is 1. The van der Waals surface area contributed by atoms with Crippen LogP contribution >= 0.6 is 0 Å². The highest BCUT2D eigenvalue weighted by Crippen LogP contribution is 2.30. The van der Waals surface area contributed by atoms with Crippen molar-refractivity contribution in [2.45, 2.75) is 26.2 Å². The van der Waals surface area contributed by atoms with Gasteiger partial charge in [-0.15, -0.1) is 0 Å². The lowest BCUT2D eigenvalue weighted by molar-refractivity contribution is -0.117. The smallest absolute Gasteiger partial charge is 0.228 e. The van der Waals surface area contributed by atoms with Crippen molar-refractivity contribution in [2.24, 2.45) is 11.8 Å². The zero-order chi connectivity index (χ0) is 23.9. The van der Waals surface area contributed by atoms with Crippen LogP contribution in [0.3, 0.4) is 0 Å². The lowest BCUT2D eigenvalue weighted by Crippen LogP contribution is -2.14. The Balaban J connectivity index is 0.000000336. The second-order valence-electron chi connectivity index (χ2n) is 8.33. The minimum Gasteiger partial charge on any atom is -0.387 e. The van der Waals surface area contributed by atoms with Gasteiger partial charge in [-0.2, -0.15) is 0 Å². The maximum absolute atomic E-state index is 12.0. The Morgan fingerprint density at radius 1 is 1.12 bits per heavy atom. The molecule has 1 saturated carbocycles. The number of nitrogens with one attached hydrogen (secondary N) is 2. The molecule has 0 aromatic carbocycles. The summed E-state index contributed by atoms with van der Waals surface area (Å²) in [7, 11) is 1.85. The van der Waals surface area contributed by atoms with Crippen LogP contribution in [0.25, 0.3) is 22.6 Å². The van der Waals surface area contributed by atoms with E-state index in [0.717, 1.165) is 60.4 Å². The van der Waals surface area contributed by atoms with Gasteiger partial charge in [0.1, 0.15) is 12.1 Å². The second kappa shape index (κ2) is 10.9. The topological polar surface area (TPSA) is 119 Å². The molecule has 2 N–H and O–H groups in total. The second-order valence-corrected chi connectivity index (χ2v) is 8.33. The highest BCUT2D eigenvalue weighted by Gasteiger charge is 2.29. The van der Waals surface area contributed by atoms with Crippen LogP contribution in [0.5, 0.6) is 0 Å². The highest BCUT2D eigenvalue weighted by atomic mass is 16.5. The van der Waals surface area contributed by atoms with E-state index in [4.69, 9.17) is 9.72 Å². The van der Waals surface area contributed by atoms with Gasteiger partial charge in [-0.25, -0.2) is 15.0 Å². The van der Waals surface area contributed by atoms with Gasteiger partial charge in [-0.1, -0.05) is 0 Å². The van der Waals surface area contributed by atoms with Crippen LogP contribution in [-0.4, -0.2) is 52.4 Å². The lowest BCUT2D eigenvalue weighted by Gasteiger charge is -2.09. The average molecular weight is 461 g/mol. The number of carbonyl (C=O) groups is 2. The number of pyridine rings is 2. The molecule has 1 atom stereocenters. The molecule has 9 nitrogen and oxygen atoms in total. The summed E-state index contributed by atoms with van der Waals surface area (Å²) in [6.45, 7) is 3.34. The molecule has 0 bridgehead atoms. The van der Waals surface area contributed by atoms with Crippen LogP contribution in [0.4, 0.5) is 11.5 Å². The molecule has 4 heterocycles. The quantitative estimate of drug-likeness (QED) is 0.536. The molecule has 3 aromatic rings. The van der Waals surface area contributed by atoms with Crippen molar-refractivity contribution in [2.75, 3.05) is 30.9 Å². The Kier molecular flexibility index (Phi) is 7.54. The minimum atomic E-state index is 0.0357. The van der Waals surface area contributed by atoms with Gasteiger partial charge in [0, 0.05) is 54.7 Å². The van der Waals surface area contributed by atoms with Crippen molar-refractivity contribution in [3.8, 4) is 22.6 Å². The van der Waals surface area contributed by atoms with Gasteiger partial charge in [0.25, 0.3) is 0 Å². The fraction of sp³-hybridized carbons (Fsp3) is 0.360. The first-order valence-electron chi connectivity index (χ1n) is 11.4. The number of carbonyl (C=O) groups excluding carboxylic acids is 2. The molecule has 0 spiro atoms. The standard InChI is InChI=1S/C20H20N6O.C5H8O2/c1-12-16(10-15(21-2)11-24-12)19-23-8-6-17(25-19)14-5-7-22-18(9-14)26-20(27)13-3-4-13;6-3-5-1-2-7-4-5/h5-11,13,21H,3-4H2,1-2H3,(H,22,26,27);3,5H,1-2,4H2. The summed E-state index contributed by atoms with van der Waals surface area (Å²) in [6.07, 6.45) is 8.98. The maximum atomic E-state index is 12.0. The van der Waals surface area contributed by atoms with Gasteiger partial charge in [-0.05, 0) is 50.5 Å². The molecule has 0 radical (unpaired) electrons. The predicted octanol–water partition coefficient (Wildman–Crippen LogP) is 3.52. The van der Waals surface area contributed by atoms with Crippen LogP contribution in [0.2, 0.25) is 0 Å². The SMILES string of the molecule is CNc1cnc(C)c(-c2nccc(-c3ccnc(NC(=O)C4CC4)c3)n2)c1.O=CC1CCOC1. The Morgan fingerprint density at radius 2 is 1.94 bits per heavy atom. The largest absolute Gasteiger partial charge is 0.387 e. The number of hydrogen-bond donors (Lipinski definition) is 2. The molecular weight excluding hydrogens is 432 g/mol. The van der Waals surface area contributed by atoms with E-state index < -0.39 is 0 Å². The summed E-state index contributed by atoms with van der Waals surface area (Å²) < 4.78 is 4.92. The molecule has 3 aromatic heterocycles. The van der Waals surface area contributed by atoms with Crippen molar-refractivity contribution in [3.05, 3.63) is 48.5 Å². The predicted molar refractivity (Wildman–Crippen MR) is 129 cm³/mol. The zero-order valence-corrected chi connectivity index (χ0v) is 19.3. The van der Waals surface area contributed by atoms with Gasteiger partial charge in [0.2, 0.25) is 5.91 Å². The molecule has 1 saturated heterocycles. The number of amides is 1. The first-order chi connectivity index (χ1) is 16.6. The summed E-state index contributed by atoms with van der Waals surface area (Å²) in [5, 5.41) is 5.96. The Bertz CT molecular complexity index is 1160. The van der Waals surface area contributed by atoms with Gasteiger partial charge in [0.15, 0.2) is 5.82 Å². The summed E-state index contributed by atoms with van der Waals surface area (Å²) in [4.78, 5) is 39.6. The molecule has 34 heavy (non-hydrogen) atoms. The zero-order valence-electron chi connectivity index (χ0n) is 19.3. The van der Waals surface area contributed by atoms with Crippen molar-refractivity contribution >= 4 is 23.7 Å². The molecular formula is C25H28N6O3. The van der Waals surface area contributed by atoms with Gasteiger partial charge >= 0.3 is 0 Å². The third-order valence-electron chi connectivity index (χ3n) is 5.68. The Labute approximate surface area is 198 Å². The molecule has 1 aliphatic carbocycles. The van der Waals surface area contributed by atoms with E-state index in [1.165, 1.54) is 0 Å². The van der Waals surface area contributed by atoms with Crippen molar-refractivity contribution < 1.29 is 14.3 Å². The number of aldehydes is 1. The number of rotatable bonds is 6. The molecule has 1 aliphatic heterocycles. The maximum Gasteiger partial charge on any atom is 0.228 e. The molecule has 5 rings (SSSR count). The number of hydrogen-bond acceptors (Lipinski definition) is 8. The lowest BCUT2D eigenvalue weighted by atomic mass is 10.1. The van der Waals surface area contributed by atoms with E-state index in [1.54, 1.807) is 18.6 Å². The minimum absolute atomic E-state index is 0.0357. The third-order valence-corrected chi connectivity index (χ3v) is 5.68. The van der Waals surface area contributed by atoms with E-state index in [9.17, 15) is 9.59 Å². The highest BCUT2D eigenvalue weighted by molar-refractivity contribution is 5.93. The Hall–Kier alpha value is -3.72. The van der Waals surface area contributed by atoms with Crippen LogP contribution in [-0.2, 0) is 14.3 Å². The fourth-order valence-corrected chi connectivity index (χ4v) is 3.44. The van der Waals surface area contributed by atoms with Crippen LogP contribution < -0.4 is 10.6 Å². The number of nitrogens with zero attached hydrogens (tertiary/aromatic N) is 4. The Morgan fingerprint density at radius 3 is 2.62 bits per heavy atom. The van der Waals surface area contributed by atoms with E-state index in [-0.39, 0.29) is 17.7 Å². The first-order valence-corrected chi connectivity index (χ1v) is 11.4. The van der Waals surface area contributed by atoms with E-state index in [1.807, 2.05) is 38.2 Å². The van der Waals surface area contributed by atoms with E-state index in [0.29, 0.717) is 18.2 Å². The van der Waals surface area contributed by atoms with Crippen molar-refractivity contribution in [3.63, 3.8) is 0 Å².